The normalized spacial score (nSPS) is 21.2. The van der Waals surface area contributed by atoms with E-state index in [1.54, 1.807) is 0 Å². The summed E-state index contributed by atoms with van der Waals surface area (Å²) in [6, 6.07) is 1.47. The third-order valence-corrected chi connectivity index (χ3v) is 5.89. The summed E-state index contributed by atoms with van der Waals surface area (Å²) in [5.74, 6) is -2.27. The van der Waals surface area contributed by atoms with E-state index in [4.69, 9.17) is 5.73 Å². The van der Waals surface area contributed by atoms with Gasteiger partial charge >= 0.3 is 0 Å². The topological polar surface area (TPSA) is 63.4 Å². The van der Waals surface area contributed by atoms with Crippen molar-refractivity contribution < 1.29 is 17.2 Å². The first kappa shape index (κ1) is 16.2. The summed E-state index contributed by atoms with van der Waals surface area (Å²) in [6.07, 6.45) is 3.89. The van der Waals surface area contributed by atoms with Crippen LogP contribution < -0.4 is 5.73 Å². The van der Waals surface area contributed by atoms with Gasteiger partial charge in [0.25, 0.3) is 0 Å². The SMILES string of the molecule is CCC1CCCCCN1S(=O)(=O)c1c(F)cc(N)cc1F. The van der Waals surface area contributed by atoms with E-state index in [9.17, 15) is 17.2 Å². The second-order valence-corrected chi connectivity index (χ2v) is 7.17. The molecule has 1 heterocycles. The van der Waals surface area contributed by atoms with Crippen LogP contribution in [0, 0.1) is 11.6 Å². The first-order valence-electron chi connectivity index (χ1n) is 7.14. The van der Waals surface area contributed by atoms with E-state index in [0.717, 1.165) is 25.0 Å². The lowest BCUT2D eigenvalue weighted by molar-refractivity contribution is 0.312. The highest BCUT2D eigenvalue weighted by Crippen LogP contribution is 2.30. The van der Waals surface area contributed by atoms with Gasteiger partial charge in [0, 0.05) is 18.3 Å². The zero-order valence-corrected chi connectivity index (χ0v) is 12.8. The molecule has 118 valence electrons. The number of nitrogen functional groups attached to an aromatic ring is 1. The van der Waals surface area contributed by atoms with Gasteiger partial charge in [0.05, 0.1) is 0 Å². The highest BCUT2D eigenvalue weighted by atomic mass is 32.2. The molecule has 0 spiro atoms. The molecule has 1 aliphatic rings. The maximum atomic E-state index is 14.0. The highest BCUT2D eigenvalue weighted by molar-refractivity contribution is 7.89. The second kappa shape index (κ2) is 6.27. The molecule has 1 atom stereocenters. The minimum Gasteiger partial charge on any atom is -0.399 e. The molecular formula is C14H20F2N2O2S. The third-order valence-electron chi connectivity index (χ3n) is 3.88. The first-order chi connectivity index (χ1) is 9.87. The molecule has 7 heteroatoms. The van der Waals surface area contributed by atoms with Gasteiger partial charge in [-0.3, -0.25) is 0 Å². The van der Waals surface area contributed by atoms with E-state index in [0.29, 0.717) is 25.8 Å². The summed E-state index contributed by atoms with van der Waals surface area (Å²) in [5, 5.41) is 0. The molecule has 1 unspecified atom stereocenters. The van der Waals surface area contributed by atoms with Crippen molar-refractivity contribution in [1.82, 2.24) is 4.31 Å². The average Bonchev–Trinajstić information content (AvgIpc) is 2.62. The molecular weight excluding hydrogens is 298 g/mol. The molecule has 0 aromatic heterocycles. The van der Waals surface area contributed by atoms with Crippen LogP contribution in [0.2, 0.25) is 0 Å². The number of rotatable bonds is 3. The molecule has 21 heavy (non-hydrogen) atoms. The van der Waals surface area contributed by atoms with Crippen LogP contribution in [0.1, 0.15) is 39.0 Å². The van der Waals surface area contributed by atoms with Crippen LogP contribution in [0.5, 0.6) is 0 Å². The predicted octanol–water partition coefficient (Wildman–Crippen LogP) is 2.89. The lowest BCUT2D eigenvalue weighted by atomic mass is 10.1. The van der Waals surface area contributed by atoms with Crippen molar-refractivity contribution in [3.05, 3.63) is 23.8 Å². The van der Waals surface area contributed by atoms with E-state index >= 15 is 0 Å². The number of halogens is 2. The number of sulfonamides is 1. The molecule has 1 fully saturated rings. The Kier molecular flexibility index (Phi) is 4.83. The van der Waals surface area contributed by atoms with Crippen molar-refractivity contribution >= 4 is 15.7 Å². The van der Waals surface area contributed by atoms with E-state index < -0.39 is 26.6 Å². The van der Waals surface area contributed by atoms with Crippen molar-refractivity contribution in [2.75, 3.05) is 12.3 Å². The van der Waals surface area contributed by atoms with Gasteiger partial charge in [-0.25, -0.2) is 17.2 Å². The van der Waals surface area contributed by atoms with Crippen LogP contribution in [0.4, 0.5) is 14.5 Å². The summed E-state index contributed by atoms with van der Waals surface area (Å²) in [6.45, 7) is 2.18. The smallest absolute Gasteiger partial charge is 0.249 e. The van der Waals surface area contributed by atoms with Crippen LogP contribution in [0.25, 0.3) is 0 Å². The lowest BCUT2D eigenvalue weighted by Crippen LogP contribution is -2.40. The van der Waals surface area contributed by atoms with Crippen molar-refractivity contribution in [2.45, 2.75) is 50.0 Å². The molecule has 1 aromatic rings. The van der Waals surface area contributed by atoms with Gasteiger partial charge in [0.1, 0.15) is 11.6 Å². The minimum atomic E-state index is -4.20. The Morgan fingerprint density at radius 2 is 1.86 bits per heavy atom. The highest BCUT2D eigenvalue weighted by Gasteiger charge is 2.35. The maximum Gasteiger partial charge on any atom is 0.249 e. The Morgan fingerprint density at radius 3 is 2.43 bits per heavy atom. The molecule has 0 amide bonds. The molecule has 1 saturated heterocycles. The summed E-state index contributed by atoms with van der Waals surface area (Å²) in [4.78, 5) is -0.892. The average molecular weight is 318 g/mol. The molecule has 0 radical (unpaired) electrons. The largest absolute Gasteiger partial charge is 0.399 e. The summed E-state index contributed by atoms with van der Waals surface area (Å²) in [7, 11) is -4.20. The van der Waals surface area contributed by atoms with E-state index in [2.05, 4.69) is 0 Å². The van der Waals surface area contributed by atoms with Gasteiger partial charge < -0.3 is 5.73 Å². The van der Waals surface area contributed by atoms with Crippen LogP contribution in [-0.4, -0.2) is 25.3 Å². The fourth-order valence-corrected chi connectivity index (χ4v) is 4.68. The molecule has 0 aliphatic carbocycles. The quantitative estimate of drug-likeness (QED) is 0.872. The Hall–Kier alpha value is -1.21. The van der Waals surface area contributed by atoms with E-state index in [1.165, 1.54) is 4.31 Å². The number of hydrogen-bond acceptors (Lipinski definition) is 3. The summed E-state index contributed by atoms with van der Waals surface area (Å²) in [5.41, 5.74) is 5.21. The van der Waals surface area contributed by atoms with Crippen molar-refractivity contribution in [3.63, 3.8) is 0 Å². The minimum absolute atomic E-state index is 0.133. The molecule has 2 N–H and O–H groups in total. The molecule has 1 aliphatic heterocycles. The number of nitrogens with two attached hydrogens (primary N) is 1. The van der Waals surface area contributed by atoms with Crippen molar-refractivity contribution in [3.8, 4) is 0 Å². The van der Waals surface area contributed by atoms with Crippen LogP contribution in [0.3, 0.4) is 0 Å². The monoisotopic (exact) mass is 318 g/mol. The van der Waals surface area contributed by atoms with Gasteiger partial charge in [-0.15, -0.1) is 0 Å². The molecule has 1 aromatic carbocycles. The Balaban J connectivity index is 2.50. The fourth-order valence-electron chi connectivity index (χ4n) is 2.82. The number of hydrogen-bond donors (Lipinski definition) is 1. The Morgan fingerprint density at radius 1 is 1.24 bits per heavy atom. The summed E-state index contributed by atoms with van der Waals surface area (Å²) >= 11 is 0. The van der Waals surface area contributed by atoms with Gasteiger partial charge in [0.15, 0.2) is 4.90 Å². The summed E-state index contributed by atoms with van der Waals surface area (Å²) < 4.78 is 54.5. The fraction of sp³-hybridized carbons (Fsp3) is 0.571. The van der Waals surface area contributed by atoms with Crippen LogP contribution in [-0.2, 0) is 10.0 Å². The number of anilines is 1. The zero-order chi connectivity index (χ0) is 15.6. The third kappa shape index (κ3) is 3.18. The maximum absolute atomic E-state index is 14.0. The van der Waals surface area contributed by atoms with Crippen molar-refractivity contribution in [1.29, 1.82) is 0 Å². The second-order valence-electron chi connectivity index (χ2n) is 5.34. The molecule has 0 bridgehead atoms. The molecule has 0 saturated carbocycles. The number of nitrogens with zero attached hydrogens (tertiary/aromatic N) is 1. The molecule has 2 rings (SSSR count). The first-order valence-corrected chi connectivity index (χ1v) is 8.58. The predicted molar refractivity (Wildman–Crippen MR) is 77.2 cm³/mol. The Labute approximate surface area is 124 Å². The standard InChI is InChI=1S/C14H20F2N2O2S/c1-2-11-6-4-3-5-7-18(11)21(19,20)14-12(15)8-10(17)9-13(14)16/h8-9,11H,2-7,17H2,1H3. The Bertz CT molecular complexity index is 596. The molecule has 4 nitrogen and oxygen atoms in total. The van der Waals surface area contributed by atoms with Crippen molar-refractivity contribution in [2.24, 2.45) is 0 Å². The number of benzene rings is 1. The van der Waals surface area contributed by atoms with Crippen LogP contribution >= 0.6 is 0 Å². The van der Waals surface area contributed by atoms with Gasteiger partial charge in [-0.05, 0) is 31.4 Å². The van der Waals surface area contributed by atoms with Gasteiger partial charge in [0.2, 0.25) is 10.0 Å². The van der Waals surface area contributed by atoms with Gasteiger partial charge in [-0.2, -0.15) is 4.31 Å². The van der Waals surface area contributed by atoms with Crippen LogP contribution in [0.15, 0.2) is 17.0 Å². The van der Waals surface area contributed by atoms with E-state index in [-0.39, 0.29) is 11.7 Å². The van der Waals surface area contributed by atoms with E-state index in [1.807, 2.05) is 6.92 Å². The lowest BCUT2D eigenvalue weighted by Gasteiger charge is -2.28. The zero-order valence-electron chi connectivity index (χ0n) is 12.0. The van der Waals surface area contributed by atoms with Gasteiger partial charge in [-0.1, -0.05) is 19.8 Å².